The van der Waals surface area contributed by atoms with Crippen LogP contribution in [0, 0.1) is 11.7 Å². The Balaban J connectivity index is 1.52. The van der Waals surface area contributed by atoms with Gasteiger partial charge in [0.1, 0.15) is 11.5 Å². The molecule has 4 rings (SSSR count). The zero-order valence-corrected chi connectivity index (χ0v) is 18.0. The molecule has 1 fully saturated rings. The van der Waals surface area contributed by atoms with Crippen LogP contribution in [0.2, 0.25) is 0 Å². The number of sulfonamides is 1. The molecule has 31 heavy (non-hydrogen) atoms. The highest BCUT2D eigenvalue weighted by Gasteiger charge is 2.37. The first-order valence-electron chi connectivity index (χ1n) is 10.3. The van der Waals surface area contributed by atoms with Crippen molar-refractivity contribution < 1.29 is 17.6 Å². The van der Waals surface area contributed by atoms with Gasteiger partial charge in [-0.2, -0.15) is 0 Å². The van der Waals surface area contributed by atoms with Gasteiger partial charge in [-0.3, -0.25) is 9.52 Å². The topological polar surface area (TPSA) is 101 Å². The summed E-state index contributed by atoms with van der Waals surface area (Å²) in [5.74, 6) is -0.341. The van der Waals surface area contributed by atoms with Crippen molar-refractivity contribution in [1.29, 1.82) is 0 Å². The number of fused-ring (bicyclic) bond motifs is 4. The van der Waals surface area contributed by atoms with Gasteiger partial charge in [0.15, 0.2) is 0 Å². The van der Waals surface area contributed by atoms with E-state index >= 15 is 0 Å². The normalized spacial score (nSPS) is 20.1. The molecule has 0 spiro atoms. The number of nitrogens with zero attached hydrogens (tertiary/aromatic N) is 2. The summed E-state index contributed by atoms with van der Waals surface area (Å²) >= 11 is 0. The molecule has 2 aliphatic heterocycles. The first-order valence-corrected chi connectivity index (χ1v) is 12.0. The van der Waals surface area contributed by atoms with Crippen LogP contribution in [0.3, 0.4) is 0 Å². The number of pyridine rings is 1. The van der Waals surface area contributed by atoms with Crippen molar-refractivity contribution in [3.8, 4) is 0 Å². The fourth-order valence-electron chi connectivity index (χ4n) is 4.41. The van der Waals surface area contributed by atoms with Gasteiger partial charge in [0.2, 0.25) is 10.0 Å². The monoisotopic (exact) mass is 448 g/mol. The Labute approximate surface area is 180 Å². The number of hydrogen-bond donors (Lipinski definition) is 2. The molecule has 1 aromatic carbocycles. The van der Waals surface area contributed by atoms with E-state index in [9.17, 15) is 22.4 Å². The van der Waals surface area contributed by atoms with Crippen molar-refractivity contribution >= 4 is 27.4 Å². The van der Waals surface area contributed by atoms with E-state index in [2.05, 4.69) is 10.0 Å². The lowest BCUT2D eigenvalue weighted by Gasteiger charge is -2.42. The molecule has 2 N–H and O–H groups in total. The van der Waals surface area contributed by atoms with E-state index < -0.39 is 10.0 Å². The lowest BCUT2D eigenvalue weighted by atomic mass is 9.83. The molecule has 0 unspecified atom stereocenters. The fraction of sp³-hybridized carbons (Fsp3) is 0.429. The van der Waals surface area contributed by atoms with E-state index in [1.165, 1.54) is 30.3 Å². The maximum Gasteiger partial charge on any atom is 0.321 e. The van der Waals surface area contributed by atoms with Gasteiger partial charge in [-0.1, -0.05) is 6.92 Å². The van der Waals surface area contributed by atoms with E-state index in [1.807, 2.05) is 0 Å². The molecule has 0 radical (unpaired) electrons. The number of carbonyl (C=O) groups excluding carboxylic acids is 1. The molecule has 2 aromatic rings. The number of rotatable bonds is 5. The van der Waals surface area contributed by atoms with Crippen LogP contribution >= 0.6 is 0 Å². The van der Waals surface area contributed by atoms with Crippen molar-refractivity contribution in [1.82, 2.24) is 9.47 Å². The van der Waals surface area contributed by atoms with Gasteiger partial charge in [0.25, 0.3) is 5.56 Å². The van der Waals surface area contributed by atoms with Gasteiger partial charge >= 0.3 is 6.03 Å². The largest absolute Gasteiger partial charge is 0.324 e. The second kappa shape index (κ2) is 8.33. The standard InChI is InChI=1S/C21H25FN4O4S/c1-2-9-31(29,30)24-18-7-8-19-15-10-14(12-26(19)20(18)27)11-25(13-15)21(28)23-17-5-3-16(22)4-6-17/h3-8,14-15,24H,2,9-13H2,1H3,(H,23,28)/t14-,15-/m1/s1. The summed E-state index contributed by atoms with van der Waals surface area (Å²) in [5.41, 5.74) is 1.03. The Hall–Kier alpha value is -2.88. The van der Waals surface area contributed by atoms with Gasteiger partial charge in [-0.25, -0.2) is 17.6 Å². The number of benzene rings is 1. The highest BCUT2D eigenvalue weighted by Crippen LogP contribution is 2.35. The van der Waals surface area contributed by atoms with E-state index in [-0.39, 0.29) is 40.7 Å². The molecule has 1 saturated heterocycles. The number of likely N-dealkylation sites (tertiary alicyclic amines) is 1. The average molecular weight is 449 g/mol. The molecule has 2 atom stereocenters. The molecule has 2 aliphatic rings. The van der Waals surface area contributed by atoms with Crippen molar-refractivity contribution in [2.75, 3.05) is 28.9 Å². The number of anilines is 2. The van der Waals surface area contributed by atoms with Crippen LogP contribution in [0.25, 0.3) is 0 Å². The van der Waals surface area contributed by atoms with E-state index in [0.717, 1.165) is 12.1 Å². The van der Waals surface area contributed by atoms with Gasteiger partial charge in [0.05, 0.1) is 5.75 Å². The Bertz CT molecular complexity index is 1150. The number of carbonyl (C=O) groups is 1. The summed E-state index contributed by atoms with van der Waals surface area (Å²) in [6.45, 7) is 3.12. The SMILES string of the molecule is CCCS(=O)(=O)Nc1ccc2n(c1=O)C[C@@H]1C[C@@H]2CN(C(=O)Nc2ccc(F)cc2)C1. The predicted molar refractivity (Wildman–Crippen MR) is 116 cm³/mol. The minimum atomic E-state index is -3.55. The van der Waals surface area contributed by atoms with Gasteiger partial charge in [-0.05, 0) is 55.2 Å². The minimum Gasteiger partial charge on any atom is -0.324 e. The maximum atomic E-state index is 13.1. The summed E-state index contributed by atoms with van der Waals surface area (Å²) < 4.78 is 41.3. The molecule has 1 aromatic heterocycles. The Morgan fingerprint density at radius 1 is 1.13 bits per heavy atom. The molecule has 3 heterocycles. The first-order chi connectivity index (χ1) is 14.8. The van der Waals surface area contributed by atoms with Gasteiger partial charge in [-0.15, -0.1) is 0 Å². The van der Waals surface area contributed by atoms with Crippen LogP contribution in [-0.4, -0.2) is 42.8 Å². The third-order valence-corrected chi connectivity index (χ3v) is 7.20. The Morgan fingerprint density at radius 2 is 1.87 bits per heavy atom. The van der Waals surface area contributed by atoms with Gasteiger partial charge in [0, 0.05) is 36.9 Å². The number of aromatic nitrogens is 1. The molecule has 2 bridgehead atoms. The zero-order valence-electron chi connectivity index (χ0n) is 17.2. The van der Waals surface area contributed by atoms with E-state index in [4.69, 9.17) is 0 Å². The highest BCUT2D eigenvalue weighted by atomic mass is 32.2. The molecular weight excluding hydrogens is 423 g/mol. The lowest BCUT2D eigenvalue weighted by Crippen LogP contribution is -2.50. The fourth-order valence-corrected chi connectivity index (χ4v) is 5.54. The summed E-state index contributed by atoms with van der Waals surface area (Å²) in [5, 5.41) is 2.79. The number of halogens is 1. The Morgan fingerprint density at radius 3 is 2.58 bits per heavy atom. The minimum absolute atomic E-state index is 0.0135. The smallest absolute Gasteiger partial charge is 0.321 e. The summed E-state index contributed by atoms with van der Waals surface area (Å²) in [7, 11) is -3.55. The average Bonchev–Trinajstić information content (AvgIpc) is 2.72. The maximum absolute atomic E-state index is 13.1. The summed E-state index contributed by atoms with van der Waals surface area (Å²) in [6, 6.07) is 8.61. The third kappa shape index (κ3) is 4.58. The number of urea groups is 1. The highest BCUT2D eigenvalue weighted by molar-refractivity contribution is 7.92. The summed E-state index contributed by atoms with van der Waals surface area (Å²) in [4.78, 5) is 27.4. The molecule has 8 nitrogen and oxygen atoms in total. The molecule has 0 saturated carbocycles. The summed E-state index contributed by atoms with van der Waals surface area (Å²) in [6.07, 6.45) is 1.32. The third-order valence-electron chi connectivity index (χ3n) is 5.73. The van der Waals surface area contributed by atoms with E-state index in [1.54, 1.807) is 22.5 Å². The lowest BCUT2D eigenvalue weighted by molar-refractivity contribution is 0.139. The predicted octanol–water partition coefficient (Wildman–Crippen LogP) is 2.79. The van der Waals surface area contributed by atoms with Crippen LogP contribution in [0.1, 0.15) is 31.4 Å². The van der Waals surface area contributed by atoms with Crippen molar-refractivity contribution in [2.24, 2.45) is 5.92 Å². The van der Waals surface area contributed by atoms with Crippen molar-refractivity contribution in [2.45, 2.75) is 32.2 Å². The van der Waals surface area contributed by atoms with Crippen molar-refractivity contribution in [3.05, 3.63) is 58.3 Å². The molecule has 0 aliphatic carbocycles. The molecule has 10 heteroatoms. The number of piperidine rings is 1. The van der Waals surface area contributed by atoms with Gasteiger partial charge < -0.3 is 14.8 Å². The second-order valence-electron chi connectivity index (χ2n) is 8.15. The number of hydrogen-bond acceptors (Lipinski definition) is 4. The quantitative estimate of drug-likeness (QED) is 0.735. The van der Waals surface area contributed by atoms with Crippen LogP contribution in [-0.2, 0) is 16.6 Å². The van der Waals surface area contributed by atoms with Crippen LogP contribution in [0.15, 0.2) is 41.2 Å². The van der Waals surface area contributed by atoms with Crippen molar-refractivity contribution in [3.63, 3.8) is 0 Å². The second-order valence-corrected chi connectivity index (χ2v) is 9.99. The van der Waals surface area contributed by atoms with E-state index in [0.29, 0.717) is 31.7 Å². The zero-order chi connectivity index (χ0) is 22.2. The van der Waals surface area contributed by atoms with Crippen LogP contribution in [0.5, 0.6) is 0 Å². The first kappa shape index (κ1) is 21.4. The molecular formula is C21H25FN4O4S. The number of amides is 2. The Kier molecular flexibility index (Phi) is 5.74. The number of nitrogens with one attached hydrogen (secondary N) is 2. The van der Waals surface area contributed by atoms with Crippen LogP contribution < -0.4 is 15.6 Å². The van der Waals surface area contributed by atoms with Crippen LogP contribution in [0.4, 0.5) is 20.6 Å². The molecule has 2 amide bonds. The molecule has 166 valence electrons.